The summed E-state index contributed by atoms with van der Waals surface area (Å²) in [5.41, 5.74) is 3.00. The number of rotatable bonds is 12. The zero-order valence-electron chi connectivity index (χ0n) is 17.9. The Morgan fingerprint density at radius 1 is 0.821 bits per heavy atom. The van der Waals surface area contributed by atoms with Crippen LogP contribution in [0.2, 0.25) is 0 Å². The van der Waals surface area contributed by atoms with Crippen LogP contribution in [-0.2, 0) is 12.8 Å². The molecule has 1 heterocycles. The standard InChI is InChI=1S/C27H39N/c1-2-28-23-11-20-27(28)22-21-26(18-9-16-24-12-5-3-6-13-24)19-10-17-25-14-7-4-8-15-25/h3-8,12-15,26-27H,2,9-11,16-23H2,1H3/t27-/m0/s1. The zero-order chi connectivity index (χ0) is 19.4. The van der Waals surface area contributed by atoms with E-state index in [9.17, 15) is 0 Å². The Kier molecular flexibility index (Phi) is 9.10. The van der Waals surface area contributed by atoms with Crippen LogP contribution in [-0.4, -0.2) is 24.0 Å². The first kappa shape index (κ1) is 21.1. The van der Waals surface area contributed by atoms with Crippen molar-refractivity contribution < 1.29 is 0 Å². The first-order valence-corrected chi connectivity index (χ1v) is 11.7. The molecule has 0 saturated carbocycles. The summed E-state index contributed by atoms with van der Waals surface area (Å²) >= 11 is 0. The van der Waals surface area contributed by atoms with Crippen molar-refractivity contribution in [2.24, 2.45) is 5.92 Å². The van der Waals surface area contributed by atoms with Gasteiger partial charge in [-0.15, -0.1) is 0 Å². The van der Waals surface area contributed by atoms with Gasteiger partial charge in [-0.25, -0.2) is 0 Å². The Morgan fingerprint density at radius 2 is 1.39 bits per heavy atom. The van der Waals surface area contributed by atoms with E-state index in [1.807, 2.05) is 0 Å². The van der Waals surface area contributed by atoms with Crippen LogP contribution in [0.4, 0.5) is 0 Å². The molecule has 2 aromatic rings. The molecule has 0 N–H and O–H groups in total. The molecule has 0 amide bonds. The van der Waals surface area contributed by atoms with Crippen LogP contribution < -0.4 is 0 Å². The normalized spacial score (nSPS) is 17.4. The summed E-state index contributed by atoms with van der Waals surface area (Å²) in [6.45, 7) is 4.89. The van der Waals surface area contributed by atoms with Gasteiger partial charge in [0.05, 0.1) is 0 Å². The highest BCUT2D eigenvalue weighted by molar-refractivity contribution is 5.15. The van der Waals surface area contributed by atoms with E-state index in [0.717, 1.165) is 12.0 Å². The third kappa shape index (κ3) is 7.09. The first-order chi connectivity index (χ1) is 13.8. The van der Waals surface area contributed by atoms with Crippen LogP contribution in [0.3, 0.4) is 0 Å². The molecule has 1 heteroatoms. The summed E-state index contributed by atoms with van der Waals surface area (Å²) in [7, 11) is 0. The monoisotopic (exact) mass is 377 g/mol. The lowest BCUT2D eigenvalue weighted by Gasteiger charge is -2.25. The van der Waals surface area contributed by atoms with E-state index in [-0.39, 0.29) is 0 Å². The molecule has 0 aliphatic carbocycles. The van der Waals surface area contributed by atoms with Crippen molar-refractivity contribution >= 4 is 0 Å². The quantitative estimate of drug-likeness (QED) is 0.388. The minimum Gasteiger partial charge on any atom is -0.301 e. The molecule has 2 aromatic carbocycles. The Balaban J connectivity index is 1.45. The topological polar surface area (TPSA) is 3.24 Å². The molecular weight excluding hydrogens is 338 g/mol. The van der Waals surface area contributed by atoms with Crippen LogP contribution in [0.25, 0.3) is 0 Å². The minimum atomic E-state index is 0.857. The Labute approximate surface area is 173 Å². The van der Waals surface area contributed by atoms with Gasteiger partial charge >= 0.3 is 0 Å². The van der Waals surface area contributed by atoms with Crippen molar-refractivity contribution in [3.8, 4) is 0 Å². The van der Waals surface area contributed by atoms with Crippen molar-refractivity contribution in [1.82, 2.24) is 4.90 Å². The van der Waals surface area contributed by atoms with E-state index >= 15 is 0 Å². The third-order valence-electron chi connectivity index (χ3n) is 6.65. The molecule has 0 spiro atoms. The molecule has 0 aromatic heterocycles. The first-order valence-electron chi connectivity index (χ1n) is 11.7. The molecule has 1 aliphatic heterocycles. The largest absolute Gasteiger partial charge is 0.301 e. The molecule has 1 aliphatic rings. The zero-order valence-corrected chi connectivity index (χ0v) is 17.9. The molecule has 3 rings (SSSR count). The second-order valence-corrected chi connectivity index (χ2v) is 8.62. The fourth-order valence-corrected chi connectivity index (χ4v) is 4.98. The van der Waals surface area contributed by atoms with E-state index in [4.69, 9.17) is 0 Å². The smallest absolute Gasteiger partial charge is 0.00957 e. The summed E-state index contributed by atoms with van der Waals surface area (Å²) in [6, 6.07) is 22.9. The maximum Gasteiger partial charge on any atom is 0.00957 e. The highest BCUT2D eigenvalue weighted by Crippen LogP contribution is 2.27. The van der Waals surface area contributed by atoms with E-state index in [2.05, 4.69) is 72.5 Å². The molecule has 0 radical (unpaired) electrons. The molecule has 0 unspecified atom stereocenters. The minimum absolute atomic E-state index is 0.857. The molecule has 1 nitrogen and oxygen atoms in total. The van der Waals surface area contributed by atoms with E-state index in [1.165, 1.54) is 88.4 Å². The van der Waals surface area contributed by atoms with Crippen LogP contribution >= 0.6 is 0 Å². The summed E-state index contributed by atoms with van der Waals surface area (Å²) in [5, 5.41) is 0. The van der Waals surface area contributed by atoms with Crippen LogP contribution in [0.5, 0.6) is 0 Å². The molecule has 1 saturated heterocycles. The average molecular weight is 378 g/mol. The molecule has 1 atom stereocenters. The maximum atomic E-state index is 2.71. The summed E-state index contributed by atoms with van der Waals surface area (Å²) in [6.07, 6.45) is 13.6. The molecule has 152 valence electrons. The lowest BCUT2D eigenvalue weighted by molar-refractivity contribution is 0.235. The lowest BCUT2D eigenvalue weighted by atomic mass is 9.88. The average Bonchev–Trinajstić information content (AvgIpc) is 3.21. The van der Waals surface area contributed by atoms with Gasteiger partial charge in [-0.3, -0.25) is 0 Å². The van der Waals surface area contributed by atoms with Crippen molar-refractivity contribution in [2.45, 2.75) is 77.2 Å². The van der Waals surface area contributed by atoms with Crippen molar-refractivity contribution in [1.29, 1.82) is 0 Å². The fourth-order valence-electron chi connectivity index (χ4n) is 4.98. The Bertz CT molecular complexity index is 590. The second kappa shape index (κ2) is 12.1. The Hall–Kier alpha value is -1.60. The molecular formula is C27H39N. The highest BCUT2D eigenvalue weighted by Gasteiger charge is 2.23. The summed E-state index contributed by atoms with van der Waals surface area (Å²) < 4.78 is 0. The van der Waals surface area contributed by atoms with E-state index in [1.54, 1.807) is 0 Å². The van der Waals surface area contributed by atoms with Crippen LogP contribution in [0, 0.1) is 5.92 Å². The van der Waals surface area contributed by atoms with Crippen LogP contribution in [0.15, 0.2) is 60.7 Å². The van der Waals surface area contributed by atoms with Gasteiger partial charge in [0.1, 0.15) is 0 Å². The van der Waals surface area contributed by atoms with Gasteiger partial charge in [0, 0.05) is 6.04 Å². The van der Waals surface area contributed by atoms with Gasteiger partial charge in [0.25, 0.3) is 0 Å². The number of nitrogens with zero attached hydrogens (tertiary/aromatic N) is 1. The van der Waals surface area contributed by atoms with Crippen molar-refractivity contribution in [3.63, 3.8) is 0 Å². The van der Waals surface area contributed by atoms with E-state index in [0.29, 0.717) is 0 Å². The number of hydrogen-bond donors (Lipinski definition) is 0. The van der Waals surface area contributed by atoms with E-state index < -0.39 is 0 Å². The fraction of sp³-hybridized carbons (Fsp3) is 0.556. The van der Waals surface area contributed by atoms with Gasteiger partial charge in [-0.2, -0.15) is 0 Å². The van der Waals surface area contributed by atoms with Gasteiger partial charge in [-0.05, 0) is 81.5 Å². The molecule has 0 bridgehead atoms. The highest BCUT2D eigenvalue weighted by atomic mass is 15.2. The number of hydrogen-bond acceptors (Lipinski definition) is 1. The van der Waals surface area contributed by atoms with Gasteiger partial charge in [0.15, 0.2) is 0 Å². The van der Waals surface area contributed by atoms with Gasteiger partial charge in [-0.1, -0.05) is 80.4 Å². The van der Waals surface area contributed by atoms with Crippen molar-refractivity contribution in [3.05, 3.63) is 71.8 Å². The summed E-state index contributed by atoms with van der Waals surface area (Å²) in [5.74, 6) is 0.895. The predicted octanol–water partition coefficient (Wildman–Crippen LogP) is 6.91. The maximum absolute atomic E-state index is 2.71. The molecule has 28 heavy (non-hydrogen) atoms. The van der Waals surface area contributed by atoms with Crippen LogP contribution in [0.1, 0.15) is 69.4 Å². The van der Waals surface area contributed by atoms with Crippen molar-refractivity contribution in [2.75, 3.05) is 13.1 Å². The van der Waals surface area contributed by atoms with Gasteiger partial charge < -0.3 is 4.90 Å². The third-order valence-corrected chi connectivity index (χ3v) is 6.65. The Morgan fingerprint density at radius 3 is 1.93 bits per heavy atom. The SMILES string of the molecule is CCN1CCC[C@H]1CCC(CCCc1ccccc1)CCCc1ccccc1. The summed E-state index contributed by atoms with van der Waals surface area (Å²) in [4.78, 5) is 2.71. The predicted molar refractivity (Wildman–Crippen MR) is 122 cm³/mol. The number of benzene rings is 2. The number of likely N-dealkylation sites (tertiary alicyclic amines) is 1. The lowest BCUT2D eigenvalue weighted by Crippen LogP contribution is -2.29. The number of aryl methyl sites for hydroxylation is 2. The second-order valence-electron chi connectivity index (χ2n) is 8.62. The molecule has 1 fully saturated rings. The van der Waals surface area contributed by atoms with Gasteiger partial charge in [0.2, 0.25) is 0 Å².